The number of hydrogen-bond donors (Lipinski definition) is 3. The fourth-order valence-corrected chi connectivity index (χ4v) is 8.92. The third-order valence-corrected chi connectivity index (χ3v) is 12.0. The quantitative estimate of drug-likeness (QED) is 0.110. The van der Waals surface area contributed by atoms with Crippen molar-refractivity contribution in [3.8, 4) is 0 Å². The number of thiophene rings is 1. The van der Waals surface area contributed by atoms with E-state index in [1.807, 2.05) is 20.8 Å². The zero-order chi connectivity index (χ0) is 40.1. The molecule has 0 fully saturated rings. The van der Waals surface area contributed by atoms with E-state index >= 15 is 0 Å². The number of alkyl carbamates (subject to hydrolysis) is 1. The molecule has 3 atom stereocenters. The van der Waals surface area contributed by atoms with Gasteiger partial charge in [0.15, 0.2) is 16.7 Å². The molecule has 5 aromatic rings. The van der Waals surface area contributed by atoms with Gasteiger partial charge in [-0.05, 0) is 35.1 Å². The van der Waals surface area contributed by atoms with Crippen molar-refractivity contribution in [2.24, 2.45) is 5.41 Å². The number of methoxy groups -OCH3 is 1. The molecule has 0 aliphatic rings. The number of aromatic nitrogens is 3. The third kappa shape index (κ3) is 10.0. The monoisotopic (exact) mass is 820 g/mol. The summed E-state index contributed by atoms with van der Waals surface area (Å²) in [6.45, 7) is 4.78. The highest BCUT2D eigenvalue weighted by molar-refractivity contribution is 7.89. The van der Waals surface area contributed by atoms with Gasteiger partial charge in [-0.3, -0.25) is 4.79 Å². The summed E-state index contributed by atoms with van der Waals surface area (Å²) in [6.07, 6.45) is -1.93. The van der Waals surface area contributed by atoms with Crippen LogP contribution in [0.4, 0.5) is 18.0 Å². The molecule has 0 unspecified atom stereocenters. The van der Waals surface area contributed by atoms with Crippen molar-refractivity contribution >= 4 is 50.6 Å². The number of carbonyl (C=O) groups excluding carboxylic acids is 2. The number of nitrogens with zero attached hydrogens (tertiary/aromatic N) is 4. The summed E-state index contributed by atoms with van der Waals surface area (Å²) < 4.78 is 80.4. The van der Waals surface area contributed by atoms with Crippen LogP contribution in [0.25, 0.3) is 5.65 Å². The lowest BCUT2D eigenvalue weighted by molar-refractivity contribution is -0.163. The number of imidazole rings is 1. The van der Waals surface area contributed by atoms with Gasteiger partial charge in [0.05, 0.1) is 26.0 Å². The van der Waals surface area contributed by atoms with Gasteiger partial charge in [0.1, 0.15) is 11.2 Å². The van der Waals surface area contributed by atoms with Crippen molar-refractivity contribution in [1.29, 1.82) is 0 Å². The summed E-state index contributed by atoms with van der Waals surface area (Å²) >= 11 is 6.58. The minimum absolute atomic E-state index is 0.0842. The number of hydrogen-bond acceptors (Lipinski definition) is 9. The lowest BCUT2D eigenvalue weighted by atomic mass is 9.84. The number of fused-ring (bicyclic) bond motifs is 1. The Morgan fingerprint density at radius 2 is 1.56 bits per heavy atom. The van der Waals surface area contributed by atoms with E-state index in [4.69, 9.17) is 16.3 Å². The molecule has 0 saturated heterocycles. The molecule has 3 aromatic heterocycles. The first-order valence-corrected chi connectivity index (χ1v) is 19.6. The maximum atomic E-state index is 14.9. The number of amides is 2. The van der Waals surface area contributed by atoms with Crippen LogP contribution < -0.4 is 10.6 Å². The Labute approximate surface area is 325 Å². The van der Waals surface area contributed by atoms with E-state index in [-0.39, 0.29) is 32.5 Å². The molecule has 3 N–H and O–H groups in total. The van der Waals surface area contributed by atoms with Crippen LogP contribution in [0.2, 0.25) is 5.15 Å². The minimum atomic E-state index is -5.04. The molecule has 0 aliphatic carbocycles. The van der Waals surface area contributed by atoms with Gasteiger partial charge in [-0.2, -0.15) is 17.5 Å². The second-order valence-corrected chi connectivity index (χ2v) is 17.2. The highest BCUT2D eigenvalue weighted by Crippen LogP contribution is 2.41. The number of alkyl halides is 3. The predicted octanol–water partition coefficient (Wildman–Crippen LogP) is 6.88. The summed E-state index contributed by atoms with van der Waals surface area (Å²) in [4.78, 5) is 34.4. The fourth-order valence-electron chi connectivity index (χ4n) is 5.95. The molecule has 55 heavy (non-hydrogen) atoms. The van der Waals surface area contributed by atoms with Crippen molar-refractivity contribution in [3.05, 3.63) is 117 Å². The van der Waals surface area contributed by atoms with Gasteiger partial charge in [-0.25, -0.2) is 23.2 Å². The van der Waals surface area contributed by atoms with E-state index in [1.54, 1.807) is 60.7 Å². The molecule has 0 radical (unpaired) electrons. The van der Waals surface area contributed by atoms with Gasteiger partial charge in [0.25, 0.3) is 10.0 Å². The van der Waals surface area contributed by atoms with E-state index in [0.717, 1.165) is 17.5 Å². The molecule has 3 heterocycles. The number of aliphatic hydroxyl groups is 1. The fraction of sp³-hybridized carbons (Fsp3) is 0.351. The average Bonchev–Trinajstić information content (AvgIpc) is 3.77. The zero-order valence-electron chi connectivity index (χ0n) is 30.2. The normalized spacial score (nSPS) is 14.2. The largest absolute Gasteiger partial charge is 0.453 e. The maximum Gasteiger partial charge on any atom is 0.413 e. The Hall–Kier alpha value is -4.55. The van der Waals surface area contributed by atoms with Crippen LogP contribution in [0.15, 0.2) is 96.4 Å². The number of sulfonamides is 1. The lowest BCUT2D eigenvalue weighted by Crippen LogP contribution is -2.52. The standard InChI is InChI=1S/C37H40ClF3N6O6S2/c1-36(2,3)17-18-47(55(51,52)30-21-46-20-28(38)43-29(46)19-42-30)25(22-48)26-15-16-27(54-26)33(37(39,40)41)45-34(49)32(44-35(50)53-4)31(23-11-7-5-8-12-23)24-13-9-6-10-14-24/h5-16,19-21,25,31-33,48H,17-18,22H2,1-4H3,(H,44,50)(H,45,49)/t25-,32+,33-/m1/s1. The topological polar surface area (TPSA) is 155 Å². The average molecular weight is 821 g/mol. The Bertz CT molecular complexity index is 2160. The SMILES string of the molecule is COC(=O)N[C@H](C(=O)N[C@H](c1ccc([C@@H](CO)N(CCC(C)(C)C)S(=O)(=O)c2cn3cc(Cl)nc3cn2)s1)C(F)(F)F)C(c1ccccc1)c1ccccc1. The van der Waals surface area contributed by atoms with E-state index in [9.17, 15) is 36.3 Å². The number of benzene rings is 2. The summed E-state index contributed by atoms with van der Waals surface area (Å²) in [6, 6.07) is 14.0. The van der Waals surface area contributed by atoms with Crippen molar-refractivity contribution in [2.75, 3.05) is 20.3 Å². The van der Waals surface area contributed by atoms with Gasteiger partial charge in [0.2, 0.25) is 5.91 Å². The maximum absolute atomic E-state index is 14.9. The van der Waals surface area contributed by atoms with Crippen LogP contribution in [0.1, 0.15) is 66.1 Å². The van der Waals surface area contributed by atoms with Crippen LogP contribution in [-0.2, 0) is 19.6 Å². The van der Waals surface area contributed by atoms with Crippen LogP contribution in [0.5, 0.6) is 0 Å². The van der Waals surface area contributed by atoms with Crippen molar-refractivity contribution in [3.63, 3.8) is 0 Å². The molecular formula is C37H40ClF3N6O6S2. The van der Waals surface area contributed by atoms with Crippen LogP contribution in [0, 0.1) is 5.41 Å². The Balaban J connectivity index is 1.52. The van der Waals surface area contributed by atoms with Gasteiger partial charge in [0, 0.05) is 34.6 Å². The Morgan fingerprint density at radius 3 is 2.11 bits per heavy atom. The number of ether oxygens (including phenoxy) is 1. The molecule has 2 amide bonds. The number of halogens is 4. The molecular weight excluding hydrogens is 781 g/mol. The van der Waals surface area contributed by atoms with Crippen molar-refractivity contribution in [1.82, 2.24) is 29.3 Å². The summed E-state index contributed by atoms with van der Waals surface area (Å²) in [5.74, 6) is -2.09. The third-order valence-electron chi connectivity index (χ3n) is 8.73. The lowest BCUT2D eigenvalue weighted by Gasteiger charge is -2.31. The highest BCUT2D eigenvalue weighted by atomic mass is 35.5. The van der Waals surface area contributed by atoms with Gasteiger partial charge >= 0.3 is 12.3 Å². The van der Waals surface area contributed by atoms with E-state index in [0.29, 0.717) is 28.9 Å². The van der Waals surface area contributed by atoms with Gasteiger partial charge in [-0.1, -0.05) is 93.0 Å². The molecule has 18 heteroatoms. The van der Waals surface area contributed by atoms with Crippen LogP contribution in [0.3, 0.4) is 0 Å². The first kappa shape index (κ1) is 41.6. The smallest absolute Gasteiger partial charge is 0.413 e. The number of aliphatic hydroxyl groups excluding tert-OH is 1. The first-order chi connectivity index (χ1) is 25.9. The van der Waals surface area contributed by atoms with E-state index in [1.165, 1.54) is 29.1 Å². The van der Waals surface area contributed by atoms with E-state index in [2.05, 4.69) is 20.6 Å². The van der Waals surface area contributed by atoms with Gasteiger partial charge in [-0.15, -0.1) is 11.3 Å². The molecule has 0 aliphatic heterocycles. The molecule has 5 rings (SSSR count). The molecule has 2 aromatic carbocycles. The minimum Gasteiger partial charge on any atom is -0.453 e. The number of carbonyl (C=O) groups is 2. The van der Waals surface area contributed by atoms with Crippen LogP contribution in [-0.4, -0.2) is 76.7 Å². The number of rotatable bonds is 14. The second-order valence-electron chi connectivity index (χ2n) is 13.8. The first-order valence-electron chi connectivity index (χ1n) is 17.0. The summed E-state index contributed by atoms with van der Waals surface area (Å²) in [7, 11) is -3.41. The summed E-state index contributed by atoms with van der Waals surface area (Å²) in [5, 5.41) is 14.9. The summed E-state index contributed by atoms with van der Waals surface area (Å²) in [5.41, 5.74) is 0.996. The molecule has 0 bridgehead atoms. The Kier molecular flexibility index (Phi) is 12.9. The highest BCUT2D eigenvalue weighted by Gasteiger charge is 2.46. The molecule has 0 spiro atoms. The van der Waals surface area contributed by atoms with Crippen molar-refractivity contribution < 1.29 is 41.0 Å². The molecule has 12 nitrogen and oxygen atoms in total. The van der Waals surface area contributed by atoms with E-state index < -0.39 is 63.9 Å². The molecule has 0 saturated carbocycles. The molecule has 294 valence electrons. The van der Waals surface area contributed by atoms with Gasteiger partial charge < -0.3 is 24.9 Å². The Morgan fingerprint density at radius 1 is 0.964 bits per heavy atom. The van der Waals surface area contributed by atoms with Crippen LogP contribution >= 0.6 is 22.9 Å². The van der Waals surface area contributed by atoms with Crippen molar-refractivity contribution in [2.45, 2.75) is 62.4 Å². The second kappa shape index (κ2) is 17.1. The predicted molar refractivity (Wildman–Crippen MR) is 201 cm³/mol. The number of nitrogens with one attached hydrogen (secondary N) is 2. The zero-order valence-corrected chi connectivity index (χ0v) is 32.6.